The average molecular weight is 464 g/mol. The number of aromatic nitrogens is 4. The molecule has 3 aromatic rings. The van der Waals surface area contributed by atoms with Crippen LogP contribution in [-0.4, -0.2) is 56.9 Å². The summed E-state index contributed by atoms with van der Waals surface area (Å²) < 4.78 is 26.6. The summed E-state index contributed by atoms with van der Waals surface area (Å²) in [5, 5.41) is 8.26. The molecule has 1 fully saturated rings. The van der Waals surface area contributed by atoms with Gasteiger partial charge in [0.1, 0.15) is 23.3 Å². The molecule has 0 aliphatic carbocycles. The van der Waals surface area contributed by atoms with Gasteiger partial charge in [0.25, 0.3) is 5.91 Å². The Morgan fingerprint density at radius 2 is 2.06 bits per heavy atom. The first-order chi connectivity index (χ1) is 15.0. The molecule has 1 amide bonds. The molecule has 4 heterocycles. The fraction of sp³-hybridized carbons (Fsp3) is 0.300. The van der Waals surface area contributed by atoms with Crippen LogP contribution in [0.15, 0.2) is 30.5 Å². The number of nitrogens with zero attached hydrogens (tertiary/aromatic N) is 5. The Morgan fingerprint density at radius 3 is 2.87 bits per heavy atom. The highest BCUT2D eigenvalue weighted by molar-refractivity contribution is 6.44. The summed E-state index contributed by atoms with van der Waals surface area (Å²) >= 11 is 12.1. The van der Waals surface area contributed by atoms with Crippen LogP contribution in [0.3, 0.4) is 0 Å². The van der Waals surface area contributed by atoms with E-state index >= 15 is 0 Å². The quantitative estimate of drug-likeness (QED) is 0.553. The Kier molecular flexibility index (Phi) is 5.04. The lowest BCUT2D eigenvalue weighted by Gasteiger charge is -2.45. The minimum absolute atomic E-state index is 0.112. The van der Waals surface area contributed by atoms with Crippen LogP contribution in [-0.2, 0) is 11.3 Å². The Labute approximate surface area is 186 Å². The van der Waals surface area contributed by atoms with Crippen LogP contribution in [0.4, 0.5) is 4.39 Å². The van der Waals surface area contributed by atoms with Gasteiger partial charge in [0.15, 0.2) is 11.6 Å². The first kappa shape index (κ1) is 20.2. The molecule has 2 aliphatic heterocycles. The largest absolute Gasteiger partial charge is 0.497 e. The Morgan fingerprint density at radius 1 is 1.23 bits per heavy atom. The zero-order valence-corrected chi connectivity index (χ0v) is 17.8. The van der Waals surface area contributed by atoms with Gasteiger partial charge >= 0.3 is 0 Å². The Hall–Kier alpha value is -2.75. The molecule has 160 valence electrons. The van der Waals surface area contributed by atoms with Gasteiger partial charge in [-0.3, -0.25) is 9.78 Å². The first-order valence-electron chi connectivity index (χ1n) is 9.47. The maximum atomic E-state index is 13.7. The number of carbonyl (C=O) groups excluding carboxylic acids is 1. The minimum atomic E-state index is -0.680. The molecule has 5 rings (SSSR count). The number of rotatable bonds is 3. The molecule has 2 aliphatic rings. The fourth-order valence-corrected chi connectivity index (χ4v) is 4.41. The molecular formula is C20H16Cl2FN5O3. The number of halogens is 3. The lowest BCUT2D eigenvalue weighted by Crippen LogP contribution is -2.56. The van der Waals surface area contributed by atoms with E-state index in [2.05, 4.69) is 15.2 Å². The van der Waals surface area contributed by atoms with Crippen molar-refractivity contribution >= 4 is 29.1 Å². The van der Waals surface area contributed by atoms with Crippen molar-refractivity contribution in [1.82, 2.24) is 24.6 Å². The SMILES string of the molecule is COc1ccnc(-c2nnc3n2C[C@@H]2COC[C@H]3N2C(=O)c2ccc(F)c(Cl)c2Cl)c1. The fourth-order valence-electron chi connectivity index (χ4n) is 4.01. The predicted octanol–water partition coefficient (Wildman–Crippen LogP) is 3.39. The lowest BCUT2D eigenvalue weighted by molar-refractivity contribution is -0.0569. The molecular weight excluding hydrogens is 448 g/mol. The second-order valence-corrected chi connectivity index (χ2v) is 7.97. The zero-order valence-electron chi connectivity index (χ0n) is 16.3. The number of hydrogen-bond donors (Lipinski definition) is 0. The van der Waals surface area contributed by atoms with Crippen LogP contribution in [0.1, 0.15) is 22.2 Å². The summed E-state index contributed by atoms with van der Waals surface area (Å²) in [6.07, 6.45) is 1.64. The van der Waals surface area contributed by atoms with Crippen LogP contribution < -0.4 is 4.74 Å². The van der Waals surface area contributed by atoms with Gasteiger partial charge in [0.05, 0.1) is 42.0 Å². The second kappa shape index (κ2) is 7.74. The molecule has 2 atom stereocenters. The predicted molar refractivity (Wildman–Crippen MR) is 110 cm³/mol. The van der Waals surface area contributed by atoms with E-state index in [-0.39, 0.29) is 34.2 Å². The highest BCUT2D eigenvalue weighted by Gasteiger charge is 2.44. The highest BCUT2D eigenvalue weighted by atomic mass is 35.5. The number of methoxy groups -OCH3 is 1. The number of benzene rings is 1. The van der Waals surface area contributed by atoms with Gasteiger partial charge in [0.2, 0.25) is 0 Å². The molecule has 0 N–H and O–H groups in total. The smallest absolute Gasteiger partial charge is 0.256 e. The third-order valence-electron chi connectivity index (χ3n) is 5.48. The molecule has 0 saturated carbocycles. The number of ether oxygens (including phenoxy) is 2. The van der Waals surface area contributed by atoms with Gasteiger partial charge in [-0.2, -0.15) is 0 Å². The third kappa shape index (κ3) is 3.24. The van der Waals surface area contributed by atoms with E-state index in [1.807, 2.05) is 4.57 Å². The highest BCUT2D eigenvalue weighted by Crippen LogP contribution is 2.38. The molecule has 8 nitrogen and oxygen atoms in total. The number of hydrogen-bond acceptors (Lipinski definition) is 6. The van der Waals surface area contributed by atoms with Crippen LogP contribution in [0.5, 0.6) is 5.75 Å². The van der Waals surface area contributed by atoms with Gasteiger partial charge in [-0.25, -0.2) is 4.39 Å². The monoisotopic (exact) mass is 463 g/mol. The molecule has 0 radical (unpaired) electrons. The summed E-state index contributed by atoms with van der Waals surface area (Å²) in [5.41, 5.74) is 0.748. The minimum Gasteiger partial charge on any atom is -0.497 e. The van der Waals surface area contributed by atoms with Crippen molar-refractivity contribution in [2.45, 2.75) is 18.6 Å². The van der Waals surface area contributed by atoms with Gasteiger partial charge < -0.3 is 18.9 Å². The molecule has 2 bridgehead atoms. The standard InChI is InChI=1S/C20H16Cl2FN5O3/c1-30-11-4-5-24-14(6-11)18-25-26-19-15-9-31-8-10(7-27(18)19)28(15)20(29)12-2-3-13(23)17(22)16(12)21/h2-6,10,15H,7-9H2,1H3/t10-,15-/m1/s1. The number of carbonyl (C=O) groups is 1. The van der Waals surface area contributed by atoms with E-state index in [9.17, 15) is 9.18 Å². The topological polar surface area (TPSA) is 82.4 Å². The van der Waals surface area contributed by atoms with E-state index in [1.165, 1.54) is 6.07 Å². The van der Waals surface area contributed by atoms with Crippen LogP contribution >= 0.6 is 23.2 Å². The summed E-state index contributed by atoms with van der Waals surface area (Å²) in [4.78, 5) is 19.4. The van der Waals surface area contributed by atoms with Crippen molar-refractivity contribution in [2.24, 2.45) is 0 Å². The molecule has 0 unspecified atom stereocenters. The van der Waals surface area contributed by atoms with Gasteiger partial charge in [-0.1, -0.05) is 23.2 Å². The summed E-state index contributed by atoms with van der Waals surface area (Å²) in [5.74, 6) is 0.774. The summed E-state index contributed by atoms with van der Waals surface area (Å²) in [7, 11) is 1.58. The lowest BCUT2D eigenvalue weighted by atomic mass is 10.0. The Balaban J connectivity index is 1.55. The zero-order chi connectivity index (χ0) is 21.7. The second-order valence-electron chi connectivity index (χ2n) is 7.22. The number of morpholine rings is 1. The van der Waals surface area contributed by atoms with E-state index < -0.39 is 11.9 Å². The van der Waals surface area contributed by atoms with Crippen molar-refractivity contribution in [2.75, 3.05) is 20.3 Å². The first-order valence-corrected chi connectivity index (χ1v) is 10.2. The van der Waals surface area contributed by atoms with Crippen molar-refractivity contribution in [3.05, 3.63) is 57.7 Å². The molecule has 1 aromatic carbocycles. The molecule has 0 spiro atoms. The van der Waals surface area contributed by atoms with Crippen molar-refractivity contribution in [1.29, 1.82) is 0 Å². The van der Waals surface area contributed by atoms with Crippen molar-refractivity contribution < 1.29 is 18.7 Å². The van der Waals surface area contributed by atoms with E-state index in [0.29, 0.717) is 36.2 Å². The number of pyridine rings is 1. The summed E-state index contributed by atoms with van der Waals surface area (Å²) in [6, 6.07) is 5.23. The van der Waals surface area contributed by atoms with Gasteiger partial charge in [-0.15, -0.1) is 10.2 Å². The van der Waals surface area contributed by atoms with E-state index in [4.69, 9.17) is 32.7 Å². The molecule has 1 saturated heterocycles. The maximum absolute atomic E-state index is 13.7. The molecule has 11 heteroatoms. The van der Waals surface area contributed by atoms with E-state index in [1.54, 1.807) is 30.3 Å². The van der Waals surface area contributed by atoms with Crippen LogP contribution in [0.25, 0.3) is 11.5 Å². The van der Waals surface area contributed by atoms with Crippen LogP contribution in [0.2, 0.25) is 10.0 Å². The number of amides is 1. The summed E-state index contributed by atoms with van der Waals surface area (Å²) in [6.45, 7) is 0.987. The average Bonchev–Trinajstić information content (AvgIpc) is 3.20. The van der Waals surface area contributed by atoms with Crippen molar-refractivity contribution in [3.8, 4) is 17.3 Å². The van der Waals surface area contributed by atoms with Crippen LogP contribution in [0, 0.1) is 5.82 Å². The molecule has 2 aromatic heterocycles. The third-order valence-corrected chi connectivity index (χ3v) is 6.34. The normalized spacial score (nSPS) is 19.8. The van der Waals surface area contributed by atoms with Gasteiger partial charge in [-0.05, 0) is 18.2 Å². The van der Waals surface area contributed by atoms with E-state index in [0.717, 1.165) is 6.07 Å². The van der Waals surface area contributed by atoms with Gasteiger partial charge in [0, 0.05) is 18.8 Å². The maximum Gasteiger partial charge on any atom is 0.256 e. The Bertz CT molecular complexity index is 1190. The van der Waals surface area contributed by atoms with Crippen molar-refractivity contribution in [3.63, 3.8) is 0 Å². The molecule has 31 heavy (non-hydrogen) atoms. The number of fused-ring (bicyclic) bond motifs is 4.